The topological polar surface area (TPSA) is 20.2 Å². The van der Waals surface area contributed by atoms with Crippen LogP contribution in [-0.4, -0.2) is 17.4 Å². The number of hydrogen-bond acceptors (Lipinski definition) is 2. The number of thiophene rings is 1. The Hall–Kier alpha value is -0.550. The number of hydrogen-bond donors (Lipinski definition) is 1. The maximum Gasteiger partial charge on any atom is 0.392 e. The van der Waals surface area contributed by atoms with Gasteiger partial charge in [0, 0.05) is 0 Å². The second-order valence-electron chi connectivity index (χ2n) is 5.33. The van der Waals surface area contributed by atoms with Crippen molar-refractivity contribution in [1.82, 2.24) is 0 Å². The molecule has 5 heteroatoms. The van der Waals surface area contributed by atoms with Crippen LogP contribution in [0.25, 0.3) is 0 Å². The van der Waals surface area contributed by atoms with Crippen LogP contribution in [0.15, 0.2) is 16.8 Å². The van der Waals surface area contributed by atoms with Gasteiger partial charge in [0.05, 0.1) is 12.0 Å². The second kappa shape index (κ2) is 6.27. The summed E-state index contributed by atoms with van der Waals surface area (Å²) < 4.78 is 38.9. The van der Waals surface area contributed by atoms with E-state index >= 15 is 0 Å². The molecule has 1 aliphatic carbocycles. The number of aliphatic hydroxyl groups is 1. The Morgan fingerprint density at radius 1 is 1.32 bits per heavy atom. The van der Waals surface area contributed by atoms with Gasteiger partial charge in [-0.1, -0.05) is 12.8 Å². The molecule has 1 aromatic rings. The Labute approximate surface area is 115 Å². The molecule has 1 fully saturated rings. The van der Waals surface area contributed by atoms with E-state index in [0.29, 0.717) is 25.7 Å². The average Bonchev–Trinajstić information content (AvgIpc) is 2.88. The van der Waals surface area contributed by atoms with E-state index in [1.165, 1.54) is 0 Å². The van der Waals surface area contributed by atoms with Crippen LogP contribution in [-0.2, 0) is 6.42 Å². The third-order valence-electron chi connectivity index (χ3n) is 4.04. The molecule has 0 aromatic carbocycles. The first-order valence-corrected chi connectivity index (χ1v) is 7.68. The molecule has 108 valence electrons. The van der Waals surface area contributed by atoms with Gasteiger partial charge in [-0.05, 0) is 54.0 Å². The molecular weight excluding hydrogens is 273 g/mol. The molecule has 0 spiro atoms. The van der Waals surface area contributed by atoms with E-state index in [1.807, 2.05) is 16.8 Å². The van der Waals surface area contributed by atoms with E-state index in [9.17, 15) is 18.3 Å². The fourth-order valence-electron chi connectivity index (χ4n) is 2.99. The zero-order valence-electron chi connectivity index (χ0n) is 10.7. The lowest BCUT2D eigenvalue weighted by atomic mass is 9.74. The Kier molecular flexibility index (Phi) is 4.90. The summed E-state index contributed by atoms with van der Waals surface area (Å²) in [5.41, 5.74) is 1.10. The average molecular weight is 292 g/mol. The zero-order valence-corrected chi connectivity index (χ0v) is 11.5. The van der Waals surface area contributed by atoms with Crippen molar-refractivity contribution < 1.29 is 18.3 Å². The molecule has 1 aromatic heterocycles. The largest absolute Gasteiger partial charge is 0.393 e. The molecule has 1 heterocycles. The first-order chi connectivity index (χ1) is 8.98. The van der Waals surface area contributed by atoms with Gasteiger partial charge in [0.1, 0.15) is 0 Å². The van der Waals surface area contributed by atoms with Gasteiger partial charge in [-0.2, -0.15) is 24.5 Å². The Balaban J connectivity index is 1.93. The molecule has 2 rings (SSSR count). The lowest BCUT2D eigenvalue weighted by molar-refractivity contribution is -0.207. The van der Waals surface area contributed by atoms with Crippen LogP contribution in [0.2, 0.25) is 0 Å². The molecule has 0 bridgehead atoms. The van der Waals surface area contributed by atoms with Gasteiger partial charge in [-0.3, -0.25) is 0 Å². The van der Waals surface area contributed by atoms with Gasteiger partial charge in [0.25, 0.3) is 0 Å². The molecule has 3 unspecified atom stereocenters. The van der Waals surface area contributed by atoms with Crippen molar-refractivity contribution in [3.8, 4) is 0 Å². The monoisotopic (exact) mass is 292 g/mol. The summed E-state index contributed by atoms with van der Waals surface area (Å²) in [6, 6.07) is 1.96. The third kappa shape index (κ3) is 3.96. The first-order valence-electron chi connectivity index (χ1n) is 6.74. The first kappa shape index (κ1) is 14.9. The summed E-state index contributed by atoms with van der Waals surface area (Å²) >= 11 is 1.57. The summed E-state index contributed by atoms with van der Waals surface area (Å²) in [5.74, 6) is -1.94. The normalized spacial score (nSPS) is 26.3. The van der Waals surface area contributed by atoms with E-state index in [2.05, 4.69) is 0 Å². The molecule has 0 radical (unpaired) electrons. The van der Waals surface area contributed by atoms with Crippen molar-refractivity contribution >= 4 is 11.3 Å². The molecule has 1 aliphatic rings. The van der Waals surface area contributed by atoms with E-state index in [0.717, 1.165) is 12.0 Å². The van der Waals surface area contributed by atoms with E-state index in [-0.39, 0.29) is 6.42 Å². The fourth-order valence-corrected chi connectivity index (χ4v) is 3.69. The van der Waals surface area contributed by atoms with Crippen molar-refractivity contribution in [3.05, 3.63) is 22.4 Å². The molecule has 3 atom stereocenters. The molecule has 1 N–H and O–H groups in total. The predicted molar refractivity (Wildman–Crippen MR) is 70.1 cm³/mol. The molecule has 1 saturated carbocycles. The summed E-state index contributed by atoms with van der Waals surface area (Å²) in [6.45, 7) is 0. The van der Waals surface area contributed by atoms with Gasteiger partial charge >= 0.3 is 6.18 Å². The maximum atomic E-state index is 13.0. The highest BCUT2D eigenvalue weighted by molar-refractivity contribution is 7.07. The molecule has 0 saturated heterocycles. The maximum absolute atomic E-state index is 13.0. The van der Waals surface area contributed by atoms with Gasteiger partial charge in [0.15, 0.2) is 0 Å². The molecule has 1 nitrogen and oxygen atoms in total. The lowest BCUT2D eigenvalue weighted by Crippen LogP contribution is -2.39. The highest BCUT2D eigenvalue weighted by Gasteiger charge is 2.47. The summed E-state index contributed by atoms with van der Waals surface area (Å²) in [4.78, 5) is 0. The lowest BCUT2D eigenvalue weighted by Gasteiger charge is -2.36. The summed E-state index contributed by atoms with van der Waals surface area (Å²) in [6.07, 6.45) is -1.84. The van der Waals surface area contributed by atoms with Gasteiger partial charge < -0.3 is 5.11 Å². The Bertz CT molecular complexity index is 375. The SMILES string of the molecule is OC(CCc1ccsc1)C1CCCCC1C(F)(F)F. The minimum Gasteiger partial charge on any atom is -0.393 e. The quantitative estimate of drug-likeness (QED) is 0.871. The van der Waals surface area contributed by atoms with E-state index < -0.39 is 24.1 Å². The van der Waals surface area contributed by atoms with Crippen LogP contribution >= 0.6 is 11.3 Å². The zero-order chi connectivity index (χ0) is 13.9. The van der Waals surface area contributed by atoms with E-state index in [1.54, 1.807) is 11.3 Å². The second-order valence-corrected chi connectivity index (χ2v) is 6.11. The van der Waals surface area contributed by atoms with Crippen molar-refractivity contribution in [2.45, 2.75) is 50.8 Å². The number of halogens is 3. The van der Waals surface area contributed by atoms with E-state index in [4.69, 9.17) is 0 Å². The van der Waals surface area contributed by atoms with Gasteiger partial charge in [0.2, 0.25) is 0 Å². The van der Waals surface area contributed by atoms with Crippen molar-refractivity contribution in [3.63, 3.8) is 0 Å². The van der Waals surface area contributed by atoms with Crippen LogP contribution in [0, 0.1) is 11.8 Å². The third-order valence-corrected chi connectivity index (χ3v) is 4.78. The highest BCUT2D eigenvalue weighted by Crippen LogP contribution is 2.43. The number of rotatable bonds is 4. The fraction of sp³-hybridized carbons (Fsp3) is 0.714. The molecular formula is C14H19F3OS. The summed E-state index contributed by atoms with van der Waals surface area (Å²) in [7, 11) is 0. The number of alkyl halides is 3. The van der Waals surface area contributed by atoms with Crippen molar-refractivity contribution in [2.24, 2.45) is 11.8 Å². The molecule has 0 amide bonds. The molecule has 0 aliphatic heterocycles. The van der Waals surface area contributed by atoms with Crippen molar-refractivity contribution in [2.75, 3.05) is 0 Å². The van der Waals surface area contributed by atoms with Gasteiger partial charge in [-0.15, -0.1) is 0 Å². The number of aliphatic hydroxyl groups excluding tert-OH is 1. The van der Waals surface area contributed by atoms with Crippen LogP contribution in [0.3, 0.4) is 0 Å². The van der Waals surface area contributed by atoms with Crippen molar-refractivity contribution in [1.29, 1.82) is 0 Å². The predicted octanol–water partition coefficient (Wildman–Crippen LogP) is 4.41. The van der Waals surface area contributed by atoms with Crippen LogP contribution in [0.1, 0.15) is 37.7 Å². The van der Waals surface area contributed by atoms with Gasteiger partial charge in [-0.25, -0.2) is 0 Å². The smallest absolute Gasteiger partial charge is 0.392 e. The standard InChI is InChI=1S/C14H19F3OS/c15-14(16,17)12-4-2-1-3-11(12)13(18)6-5-10-7-8-19-9-10/h7-9,11-13,18H,1-6H2. The van der Waals surface area contributed by atoms with Crippen LogP contribution in [0.4, 0.5) is 13.2 Å². The summed E-state index contributed by atoms with van der Waals surface area (Å²) in [5, 5.41) is 14.0. The minimum absolute atomic E-state index is 0.170. The Morgan fingerprint density at radius 3 is 2.68 bits per heavy atom. The number of aryl methyl sites for hydroxylation is 1. The van der Waals surface area contributed by atoms with Crippen LogP contribution in [0.5, 0.6) is 0 Å². The minimum atomic E-state index is -4.17. The molecule has 19 heavy (non-hydrogen) atoms. The van der Waals surface area contributed by atoms with Crippen LogP contribution < -0.4 is 0 Å². The Morgan fingerprint density at radius 2 is 2.05 bits per heavy atom. The highest BCUT2D eigenvalue weighted by atomic mass is 32.1.